The highest BCUT2D eigenvalue weighted by molar-refractivity contribution is 6.47. The molecule has 0 saturated carbocycles. The van der Waals surface area contributed by atoms with E-state index in [4.69, 9.17) is 4.74 Å². The lowest BCUT2D eigenvalue weighted by molar-refractivity contribution is -0.120. The smallest absolute Gasteiger partial charge is 0.282 e. The molecule has 2 amide bonds. The maximum atomic E-state index is 13.7. The van der Waals surface area contributed by atoms with Gasteiger partial charge < -0.3 is 10.1 Å². The van der Waals surface area contributed by atoms with Crippen LogP contribution in [0, 0.1) is 5.82 Å². The highest BCUT2D eigenvalue weighted by Gasteiger charge is 2.40. The molecule has 0 aliphatic carbocycles. The molecule has 4 aromatic carbocycles. The molecule has 1 N–H and O–H groups in total. The van der Waals surface area contributed by atoms with E-state index < -0.39 is 17.6 Å². The van der Waals surface area contributed by atoms with Crippen molar-refractivity contribution in [2.24, 2.45) is 0 Å². The van der Waals surface area contributed by atoms with Crippen LogP contribution in [0.3, 0.4) is 0 Å². The Morgan fingerprint density at radius 1 is 0.824 bits per heavy atom. The minimum absolute atomic E-state index is 0.133. The van der Waals surface area contributed by atoms with Crippen LogP contribution in [0.5, 0.6) is 5.75 Å². The van der Waals surface area contributed by atoms with E-state index in [1.165, 1.54) is 29.2 Å². The molecule has 5 rings (SSSR count). The van der Waals surface area contributed by atoms with Crippen molar-refractivity contribution in [3.8, 4) is 5.75 Å². The first-order valence-electron chi connectivity index (χ1n) is 10.9. The van der Waals surface area contributed by atoms with E-state index in [0.29, 0.717) is 29.3 Å². The molecule has 0 bridgehead atoms. The van der Waals surface area contributed by atoms with Gasteiger partial charge in [0.05, 0.1) is 17.9 Å². The Morgan fingerprint density at radius 3 is 2.26 bits per heavy atom. The molecule has 0 aromatic heterocycles. The Labute approximate surface area is 196 Å². The van der Waals surface area contributed by atoms with Crippen LogP contribution in [-0.2, 0) is 9.59 Å². The maximum absolute atomic E-state index is 13.7. The second kappa shape index (κ2) is 8.83. The predicted molar refractivity (Wildman–Crippen MR) is 131 cm³/mol. The molecule has 0 atom stereocenters. The number of ether oxygens (including phenoxy) is 1. The van der Waals surface area contributed by atoms with E-state index in [1.807, 2.05) is 43.3 Å². The van der Waals surface area contributed by atoms with E-state index in [2.05, 4.69) is 5.32 Å². The summed E-state index contributed by atoms with van der Waals surface area (Å²) in [5, 5.41) is 4.82. The molecule has 1 aliphatic rings. The molecule has 0 saturated heterocycles. The predicted octanol–water partition coefficient (Wildman–Crippen LogP) is 5.77. The Morgan fingerprint density at radius 2 is 1.53 bits per heavy atom. The van der Waals surface area contributed by atoms with Gasteiger partial charge in [-0.1, -0.05) is 48.5 Å². The number of halogens is 1. The van der Waals surface area contributed by atoms with Gasteiger partial charge in [-0.15, -0.1) is 0 Å². The summed E-state index contributed by atoms with van der Waals surface area (Å²) >= 11 is 0. The lowest BCUT2D eigenvalue weighted by Gasteiger charge is -2.18. The van der Waals surface area contributed by atoms with Gasteiger partial charge in [0.25, 0.3) is 11.8 Å². The zero-order valence-corrected chi connectivity index (χ0v) is 18.4. The standard InChI is InChI=1S/C28H21FN2O3/c1-2-34-22-16-14-21(15-17-22)30-26-25(19-10-12-20(29)13-11-19)27(32)31(28(26)33)24-9-5-7-18-6-3-4-8-23(18)24/h3-17,30H,2H2,1H3. The highest BCUT2D eigenvalue weighted by atomic mass is 19.1. The Hall–Kier alpha value is -4.45. The maximum Gasteiger partial charge on any atom is 0.282 e. The number of benzene rings is 4. The number of carbonyl (C=O) groups excluding carboxylic acids is 2. The van der Waals surface area contributed by atoms with Crippen molar-refractivity contribution in [2.75, 3.05) is 16.8 Å². The Bertz CT molecular complexity index is 1420. The third-order valence-corrected chi connectivity index (χ3v) is 5.66. The minimum atomic E-state index is -0.477. The fraction of sp³-hybridized carbons (Fsp3) is 0.0714. The summed E-state index contributed by atoms with van der Waals surface area (Å²) in [5.41, 5.74) is 1.90. The quantitative estimate of drug-likeness (QED) is 0.377. The average molecular weight is 452 g/mol. The average Bonchev–Trinajstić information content (AvgIpc) is 3.09. The van der Waals surface area contributed by atoms with Gasteiger partial charge in [0.15, 0.2) is 0 Å². The summed E-state index contributed by atoms with van der Waals surface area (Å²) in [4.78, 5) is 28.5. The fourth-order valence-electron chi connectivity index (χ4n) is 4.10. The number of amides is 2. The van der Waals surface area contributed by atoms with E-state index in [9.17, 15) is 14.0 Å². The zero-order valence-electron chi connectivity index (χ0n) is 18.4. The molecule has 0 spiro atoms. The van der Waals surface area contributed by atoms with Gasteiger partial charge in [-0.25, -0.2) is 9.29 Å². The van der Waals surface area contributed by atoms with E-state index in [0.717, 1.165) is 10.8 Å². The third-order valence-electron chi connectivity index (χ3n) is 5.66. The first-order chi connectivity index (χ1) is 16.6. The van der Waals surface area contributed by atoms with Crippen molar-refractivity contribution in [1.82, 2.24) is 0 Å². The van der Waals surface area contributed by atoms with E-state index in [-0.39, 0.29) is 11.3 Å². The van der Waals surface area contributed by atoms with Crippen LogP contribution in [0.25, 0.3) is 16.3 Å². The number of nitrogens with one attached hydrogen (secondary N) is 1. The number of nitrogens with zero attached hydrogens (tertiary/aromatic N) is 1. The number of anilines is 2. The van der Waals surface area contributed by atoms with Crippen molar-refractivity contribution in [1.29, 1.82) is 0 Å². The SMILES string of the molecule is CCOc1ccc(NC2=C(c3ccc(F)cc3)C(=O)N(c3cccc4ccccc34)C2=O)cc1. The van der Waals surface area contributed by atoms with Gasteiger partial charge >= 0.3 is 0 Å². The Kier molecular flexibility index (Phi) is 5.55. The molecular weight excluding hydrogens is 431 g/mol. The van der Waals surface area contributed by atoms with Crippen LogP contribution < -0.4 is 15.0 Å². The van der Waals surface area contributed by atoms with Gasteiger partial charge in [-0.2, -0.15) is 0 Å². The fourth-order valence-corrected chi connectivity index (χ4v) is 4.10. The van der Waals surface area contributed by atoms with E-state index >= 15 is 0 Å². The number of hydrogen-bond donors (Lipinski definition) is 1. The number of fused-ring (bicyclic) bond motifs is 1. The lowest BCUT2D eigenvalue weighted by Crippen LogP contribution is -2.32. The topological polar surface area (TPSA) is 58.6 Å². The van der Waals surface area contributed by atoms with Crippen LogP contribution in [0.4, 0.5) is 15.8 Å². The molecule has 1 heterocycles. The van der Waals surface area contributed by atoms with Gasteiger partial charge in [0.1, 0.15) is 17.3 Å². The second-order valence-corrected chi connectivity index (χ2v) is 7.78. The molecule has 34 heavy (non-hydrogen) atoms. The van der Waals surface area contributed by atoms with Crippen molar-refractivity contribution in [3.63, 3.8) is 0 Å². The minimum Gasteiger partial charge on any atom is -0.494 e. The van der Waals surface area contributed by atoms with Gasteiger partial charge in [0, 0.05) is 11.1 Å². The summed E-state index contributed by atoms with van der Waals surface area (Å²) in [6.45, 7) is 2.44. The zero-order chi connectivity index (χ0) is 23.7. The number of rotatable bonds is 6. The van der Waals surface area contributed by atoms with Crippen LogP contribution in [0.15, 0.2) is 96.7 Å². The number of carbonyl (C=O) groups is 2. The van der Waals surface area contributed by atoms with E-state index in [1.54, 1.807) is 30.3 Å². The second-order valence-electron chi connectivity index (χ2n) is 7.78. The molecular formula is C28H21FN2O3. The highest BCUT2D eigenvalue weighted by Crippen LogP contribution is 2.37. The Balaban J connectivity index is 1.61. The molecule has 0 radical (unpaired) electrons. The van der Waals surface area contributed by atoms with Crippen LogP contribution in [0.1, 0.15) is 12.5 Å². The van der Waals surface area contributed by atoms with Crippen molar-refractivity contribution in [3.05, 3.63) is 108 Å². The molecule has 6 heteroatoms. The van der Waals surface area contributed by atoms with Gasteiger partial charge in [0.2, 0.25) is 0 Å². The normalized spacial score (nSPS) is 13.6. The van der Waals surface area contributed by atoms with Gasteiger partial charge in [-0.05, 0) is 60.3 Å². The molecule has 0 unspecified atom stereocenters. The monoisotopic (exact) mass is 452 g/mol. The first kappa shape index (κ1) is 21.4. The van der Waals surface area contributed by atoms with Gasteiger partial charge in [-0.3, -0.25) is 9.59 Å². The first-order valence-corrected chi connectivity index (χ1v) is 10.9. The molecule has 0 fully saturated rings. The molecule has 168 valence electrons. The summed E-state index contributed by atoms with van der Waals surface area (Å²) in [6, 6.07) is 25.7. The summed E-state index contributed by atoms with van der Waals surface area (Å²) in [6.07, 6.45) is 0. The molecule has 1 aliphatic heterocycles. The number of imide groups is 1. The molecule has 5 nitrogen and oxygen atoms in total. The summed E-state index contributed by atoms with van der Waals surface area (Å²) < 4.78 is 19.1. The molecule has 4 aromatic rings. The van der Waals surface area contributed by atoms with Crippen LogP contribution in [-0.4, -0.2) is 18.4 Å². The largest absolute Gasteiger partial charge is 0.494 e. The number of hydrogen-bond acceptors (Lipinski definition) is 4. The summed E-state index contributed by atoms with van der Waals surface area (Å²) in [5.74, 6) is -0.670. The van der Waals surface area contributed by atoms with Crippen molar-refractivity contribution < 1.29 is 18.7 Å². The van der Waals surface area contributed by atoms with Crippen LogP contribution in [0.2, 0.25) is 0 Å². The lowest BCUT2D eigenvalue weighted by atomic mass is 10.0. The van der Waals surface area contributed by atoms with Crippen LogP contribution >= 0.6 is 0 Å². The van der Waals surface area contributed by atoms with Crippen molar-refractivity contribution in [2.45, 2.75) is 6.92 Å². The third kappa shape index (κ3) is 3.79. The summed E-state index contributed by atoms with van der Waals surface area (Å²) in [7, 11) is 0. The van der Waals surface area contributed by atoms with Crippen molar-refractivity contribution >= 4 is 39.5 Å².